The first-order valence-electron chi connectivity index (χ1n) is 13.0. The molecular formula is C29H39FN2O3. The molecule has 0 aromatic heterocycles. The molecular weight excluding hydrogens is 443 g/mol. The summed E-state index contributed by atoms with van der Waals surface area (Å²) in [6, 6.07) is 13.0. The summed E-state index contributed by atoms with van der Waals surface area (Å²) in [4.78, 5) is 18.5. The van der Waals surface area contributed by atoms with E-state index >= 15 is 0 Å². The third-order valence-electron chi connectivity index (χ3n) is 7.67. The number of hydrogen-bond donors (Lipinski definition) is 0. The summed E-state index contributed by atoms with van der Waals surface area (Å²) in [5.41, 5.74) is 3.20. The Hall–Kier alpha value is -2.44. The summed E-state index contributed by atoms with van der Waals surface area (Å²) in [7, 11) is 3.30. The summed E-state index contributed by atoms with van der Waals surface area (Å²) in [5.74, 6) is 0.813. The number of carbonyl (C=O) groups is 1. The van der Waals surface area contributed by atoms with Crippen LogP contribution in [0, 0.1) is 11.7 Å². The maximum absolute atomic E-state index is 13.8. The molecule has 0 spiro atoms. The molecule has 0 bridgehead atoms. The van der Waals surface area contributed by atoms with Crippen molar-refractivity contribution in [3.63, 3.8) is 0 Å². The van der Waals surface area contributed by atoms with Crippen LogP contribution in [0.15, 0.2) is 42.5 Å². The minimum absolute atomic E-state index is 0.0836. The lowest BCUT2D eigenvalue weighted by molar-refractivity contribution is -0.125. The first kappa shape index (κ1) is 25.6. The maximum Gasteiger partial charge on any atom is 0.145 e. The highest BCUT2D eigenvalue weighted by Crippen LogP contribution is 2.34. The molecule has 5 nitrogen and oxygen atoms in total. The number of benzene rings is 2. The van der Waals surface area contributed by atoms with Gasteiger partial charge in [0, 0.05) is 51.2 Å². The standard InChI is InChI=1S/C29H39FN2O3/c1-34-21-23-10-6-7-11-25(23)26(29(33)22-8-4-3-5-9-22)14-15-31-16-18-32(19-17-31)27-13-12-24(30)20-28(27)35-2/h6-7,10-13,20,22,26H,3-5,8-9,14-19,21H2,1-2H3. The molecule has 1 atom stereocenters. The van der Waals surface area contributed by atoms with Gasteiger partial charge >= 0.3 is 0 Å². The molecule has 2 aliphatic rings. The summed E-state index contributed by atoms with van der Waals surface area (Å²) in [5, 5.41) is 0. The second kappa shape index (κ2) is 12.5. The number of carbonyl (C=O) groups excluding carboxylic acids is 1. The fourth-order valence-corrected chi connectivity index (χ4v) is 5.72. The number of rotatable bonds is 10. The van der Waals surface area contributed by atoms with Crippen LogP contribution in [0.2, 0.25) is 0 Å². The van der Waals surface area contributed by atoms with Crippen LogP contribution >= 0.6 is 0 Å². The lowest BCUT2D eigenvalue weighted by Crippen LogP contribution is -2.47. The lowest BCUT2D eigenvalue weighted by Gasteiger charge is -2.37. The predicted molar refractivity (Wildman–Crippen MR) is 138 cm³/mol. The Kier molecular flexibility index (Phi) is 9.16. The van der Waals surface area contributed by atoms with Gasteiger partial charge in [0.05, 0.1) is 19.4 Å². The van der Waals surface area contributed by atoms with Crippen molar-refractivity contribution in [2.24, 2.45) is 5.92 Å². The van der Waals surface area contributed by atoms with Crippen LogP contribution in [0.25, 0.3) is 0 Å². The summed E-state index contributed by atoms with van der Waals surface area (Å²) >= 11 is 0. The molecule has 35 heavy (non-hydrogen) atoms. The number of hydrogen-bond acceptors (Lipinski definition) is 5. The number of ether oxygens (including phenoxy) is 2. The molecule has 0 amide bonds. The Morgan fingerprint density at radius 2 is 1.77 bits per heavy atom. The van der Waals surface area contributed by atoms with Crippen LogP contribution < -0.4 is 9.64 Å². The summed E-state index contributed by atoms with van der Waals surface area (Å²) < 4.78 is 24.5. The minimum atomic E-state index is -0.285. The van der Waals surface area contributed by atoms with Gasteiger partial charge < -0.3 is 14.4 Å². The zero-order valence-corrected chi connectivity index (χ0v) is 21.2. The minimum Gasteiger partial charge on any atom is -0.494 e. The zero-order chi connectivity index (χ0) is 24.6. The van der Waals surface area contributed by atoms with E-state index in [0.29, 0.717) is 18.1 Å². The highest BCUT2D eigenvalue weighted by molar-refractivity contribution is 5.88. The van der Waals surface area contributed by atoms with Crippen LogP contribution in [0.1, 0.15) is 55.6 Å². The first-order valence-corrected chi connectivity index (χ1v) is 13.0. The smallest absolute Gasteiger partial charge is 0.145 e. The molecule has 1 aliphatic heterocycles. The molecule has 1 aliphatic carbocycles. The van der Waals surface area contributed by atoms with Crippen molar-refractivity contribution in [3.05, 3.63) is 59.4 Å². The van der Waals surface area contributed by atoms with Gasteiger partial charge in [-0.25, -0.2) is 4.39 Å². The van der Waals surface area contributed by atoms with Gasteiger partial charge in [-0.05, 0) is 49.1 Å². The SMILES string of the molecule is COCc1ccccc1C(CCN1CCN(c2ccc(F)cc2OC)CC1)C(=O)C1CCCCC1. The monoisotopic (exact) mass is 482 g/mol. The van der Waals surface area contributed by atoms with Gasteiger partial charge in [0.25, 0.3) is 0 Å². The fraction of sp³-hybridized carbons (Fsp3) is 0.552. The van der Waals surface area contributed by atoms with Gasteiger partial charge in [0.1, 0.15) is 17.3 Å². The van der Waals surface area contributed by atoms with E-state index < -0.39 is 0 Å². The molecule has 0 radical (unpaired) electrons. The molecule has 190 valence electrons. The van der Waals surface area contributed by atoms with E-state index in [0.717, 1.165) is 81.6 Å². The average Bonchev–Trinajstić information content (AvgIpc) is 2.90. The second-order valence-electron chi connectivity index (χ2n) is 9.86. The predicted octanol–water partition coefficient (Wildman–Crippen LogP) is 5.43. The average molecular weight is 483 g/mol. The molecule has 2 aromatic rings. The van der Waals surface area contributed by atoms with E-state index in [-0.39, 0.29) is 17.7 Å². The van der Waals surface area contributed by atoms with Crippen molar-refractivity contribution in [3.8, 4) is 5.75 Å². The molecule has 2 aromatic carbocycles. The summed E-state index contributed by atoms with van der Waals surface area (Å²) in [6.45, 7) is 4.93. The molecule has 4 rings (SSSR count). The van der Waals surface area contributed by atoms with Crippen molar-refractivity contribution < 1.29 is 18.7 Å². The summed E-state index contributed by atoms with van der Waals surface area (Å²) in [6.07, 6.45) is 6.46. The van der Waals surface area contributed by atoms with E-state index in [2.05, 4.69) is 21.9 Å². The number of anilines is 1. The van der Waals surface area contributed by atoms with Crippen LogP contribution in [-0.2, 0) is 16.1 Å². The Morgan fingerprint density at radius 1 is 1.03 bits per heavy atom. The zero-order valence-electron chi connectivity index (χ0n) is 21.2. The highest BCUT2D eigenvalue weighted by Gasteiger charge is 2.31. The van der Waals surface area contributed by atoms with Gasteiger partial charge in [0.2, 0.25) is 0 Å². The highest BCUT2D eigenvalue weighted by atomic mass is 19.1. The maximum atomic E-state index is 13.8. The van der Waals surface area contributed by atoms with Crippen molar-refractivity contribution in [1.82, 2.24) is 4.90 Å². The third-order valence-corrected chi connectivity index (χ3v) is 7.67. The number of piperazine rings is 1. The number of ketones is 1. The van der Waals surface area contributed by atoms with Crippen LogP contribution in [0.3, 0.4) is 0 Å². The van der Waals surface area contributed by atoms with Crippen molar-refractivity contribution in [2.75, 3.05) is 51.8 Å². The Bertz CT molecular complexity index is 968. The van der Waals surface area contributed by atoms with E-state index in [1.165, 1.54) is 18.6 Å². The number of methoxy groups -OCH3 is 2. The van der Waals surface area contributed by atoms with Gasteiger partial charge in [-0.1, -0.05) is 43.5 Å². The van der Waals surface area contributed by atoms with Crippen molar-refractivity contribution in [2.45, 2.75) is 51.0 Å². The topological polar surface area (TPSA) is 42.0 Å². The molecule has 2 fully saturated rings. The van der Waals surface area contributed by atoms with Gasteiger partial charge in [-0.3, -0.25) is 9.69 Å². The quantitative estimate of drug-likeness (QED) is 0.452. The second-order valence-corrected chi connectivity index (χ2v) is 9.86. The van der Waals surface area contributed by atoms with E-state index in [9.17, 15) is 9.18 Å². The van der Waals surface area contributed by atoms with Crippen LogP contribution in [0.5, 0.6) is 5.75 Å². The largest absolute Gasteiger partial charge is 0.494 e. The van der Waals surface area contributed by atoms with Crippen LogP contribution in [0.4, 0.5) is 10.1 Å². The molecule has 6 heteroatoms. The van der Waals surface area contributed by atoms with Crippen LogP contribution in [-0.4, -0.2) is 57.6 Å². The first-order chi connectivity index (χ1) is 17.1. The Balaban J connectivity index is 1.42. The number of nitrogens with zero attached hydrogens (tertiary/aromatic N) is 2. The number of halogens is 1. The van der Waals surface area contributed by atoms with Gasteiger partial charge in [-0.15, -0.1) is 0 Å². The lowest BCUT2D eigenvalue weighted by atomic mass is 9.77. The van der Waals surface area contributed by atoms with Crippen molar-refractivity contribution >= 4 is 11.5 Å². The number of Topliss-reactive ketones (excluding diaryl/α,β-unsaturated/α-hetero) is 1. The van der Waals surface area contributed by atoms with E-state index in [1.807, 2.05) is 12.1 Å². The van der Waals surface area contributed by atoms with E-state index in [1.54, 1.807) is 20.3 Å². The Morgan fingerprint density at radius 3 is 2.49 bits per heavy atom. The molecule has 1 heterocycles. The Labute approximate surface area is 209 Å². The molecule has 0 N–H and O–H groups in total. The normalized spacial score (nSPS) is 18.4. The third kappa shape index (κ3) is 6.42. The van der Waals surface area contributed by atoms with Gasteiger partial charge in [0.15, 0.2) is 0 Å². The van der Waals surface area contributed by atoms with Gasteiger partial charge in [-0.2, -0.15) is 0 Å². The van der Waals surface area contributed by atoms with E-state index in [4.69, 9.17) is 9.47 Å². The van der Waals surface area contributed by atoms with Crippen molar-refractivity contribution in [1.29, 1.82) is 0 Å². The molecule has 1 saturated carbocycles. The fourth-order valence-electron chi connectivity index (χ4n) is 5.72. The molecule has 1 unspecified atom stereocenters. The molecule has 1 saturated heterocycles.